The average molecular weight is 394 g/mol. The number of anilines is 1. The summed E-state index contributed by atoms with van der Waals surface area (Å²) >= 11 is 0. The monoisotopic (exact) mass is 394 g/mol. The van der Waals surface area contributed by atoms with E-state index in [1.807, 2.05) is 5.48 Å². The fourth-order valence-electron chi connectivity index (χ4n) is 2.04. The molecule has 0 saturated heterocycles. The number of nitrogens with one attached hydrogen (secondary N) is 2. The van der Waals surface area contributed by atoms with E-state index >= 15 is 0 Å². The van der Waals surface area contributed by atoms with Gasteiger partial charge in [0.25, 0.3) is 0 Å². The first-order valence-electron chi connectivity index (χ1n) is 8.34. The molecule has 0 amide bonds. The van der Waals surface area contributed by atoms with E-state index in [1.165, 1.54) is 31.2 Å². The topological polar surface area (TPSA) is 106 Å². The minimum absolute atomic E-state index is 0.227. The minimum Gasteiger partial charge on any atom is -0.462 e. The van der Waals surface area contributed by atoms with E-state index in [1.54, 1.807) is 44.2 Å². The van der Waals surface area contributed by atoms with Gasteiger partial charge in [-0.05, 0) is 57.2 Å². The molecule has 0 unspecified atom stereocenters. The van der Waals surface area contributed by atoms with E-state index in [4.69, 9.17) is 19.0 Å². The summed E-state index contributed by atoms with van der Waals surface area (Å²) in [5.41, 5.74) is 2.42. The molecule has 2 rings (SSSR count). The highest BCUT2D eigenvalue weighted by Gasteiger charge is 2.34. The quantitative estimate of drug-likeness (QED) is 0.333. The van der Waals surface area contributed by atoms with E-state index in [-0.39, 0.29) is 11.9 Å². The Labute approximate surface area is 158 Å². The largest absolute Gasteiger partial charge is 0.513 e. The first-order valence-corrected chi connectivity index (χ1v) is 9.88. The van der Waals surface area contributed by atoms with Gasteiger partial charge in [0.15, 0.2) is 0 Å². The van der Waals surface area contributed by atoms with Gasteiger partial charge in [0.05, 0.1) is 11.8 Å². The molecule has 0 aliphatic carbocycles. The average Bonchev–Trinajstić information content (AvgIpc) is 2.62. The van der Waals surface area contributed by atoms with Crippen LogP contribution in [0.3, 0.4) is 0 Å². The Balaban J connectivity index is 2.21. The Morgan fingerprint density at radius 3 is 2.04 bits per heavy atom. The minimum atomic E-state index is -3.97. The lowest BCUT2D eigenvalue weighted by molar-refractivity contribution is -0.149. The second-order valence-corrected chi connectivity index (χ2v) is 7.58. The van der Waals surface area contributed by atoms with Gasteiger partial charge in [0, 0.05) is 0 Å². The Bertz CT molecular complexity index is 782. The zero-order valence-electron chi connectivity index (χ0n) is 15.3. The first-order chi connectivity index (χ1) is 12.8. The van der Waals surface area contributed by atoms with Crippen LogP contribution in [0.2, 0.25) is 0 Å². The molecule has 2 aromatic carbocycles. The molecule has 0 spiro atoms. The van der Waals surface area contributed by atoms with Crippen molar-refractivity contribution < 1.29 is 28.4 Å². The molecule has 0 bridgehead atoms. The molecule has 0 radical (unpaired) electrons. The second kappa shape index (κ2) is 9.41. The van der Waals surface area contributed by atoms with Gasteiger partial charge in [-0.3, -0.25) is 15.5 Å². The molecule has 2 aromatic rings. The maximum absolute atomic E-state index is 13.3. The van der Waals surface area contributed by atoms with Crippen molar-refractivity contribution in [1.29, 1.82) is 0 Å². The van der Waals surface area contributed by atoms with Crippen molar-refractivity contribution in [2.45, 2.75) is 32.9 Å². The number of carbonyl (C=O) groups excluding carboxylic acids is 1. The lowest BCUT2D eigenvalue weighted by Gasteiger charge is -2.23. The summed E-state index contributed by atoms with van der Waals surface area (Å²) in [6.45, 7) is 4.95. The molecule has 146 valence electrons. The Kier molecular flexibility index (Phi) is 7.24. The molecule has 0 aliphatic heterocycles. The Hall–Kier alpha value is -2.54. The van der Waals surface area contributed by atoms with Gasteiger partial charge in [0.1, 0.15) is 17.5 Å². The van der Waals surface area contributed by atoms with Crippen LogP contribution >= 0.6 is 7.75 Å². The van der Waals surface area contributed by atoms with E-state index < -0.39 is 19.8 Å². The number of esters is 1. The summed E-state index contributed by atoms with van der Waals surface area (Å²) in [4.78, 5) is 12.1. The predicted molar refractivity (Wildman–Crippen MR) is 101 cm³/mol. The molecule has 0 fully saturated rings. The van der Waals surface area contributed by atoms with Gasteiger partial charge in [0.2, 0.25) is 0 Å². The van der Waals surface area contributed by atoms with E-state index in [9.17, 15) is 9.36 Å². The summed E-state index contributed by atoms with van der Waals surface area (Å²) in [6.07, 6.45) is -0.310. The normalized spacial score (nSPS) is 14.1. The molecule has 0 aliphatic rings. The van der Waals surface area contributed by atoms with E-state index in [2.05, 4.69) is 5.09 Å². The highest BCUT2D eigenvalue weighted by Crippen LogP contribution is 2.45. The zero-order valence-corrected chi connectivity index (χ0v) is 16.2. The molecule has 0 heterocycles. The van der Waals surface area contributed by atoms with Crippen LogP contribution in [0.15, 0.2) is 54.6 Å². The van der Waals surface area contributed by atoms with Gasteiger partial charge in [-0.15, -0.1) is 0 Å². The van der Waals surface area contributed by atoms with Crippen molar-refractivity contribution in [2.75, 3.05) is 5.48 Å². The van der Waals surface area contributed by atoms with Crippen molar-refractivity contribution in [2.24, 2.45) is 0 Å². The summed E-state index contributed by atoms with van der Waals surface area (Å²) in [6, 6.07) is 13.6. The third-order valence-corrected chi connectivity index (χ3v) is 4.84. The number of rotatable bonds is 9. The third-order valence-electron chi connectivity index (χ3n) is 3.23. The standard InChI is InChI=1S/C18H23N2O6P/c1-13(2)24-18(21)14(3)20-27(23,25-16-7-5-4-6-8-16)26-17-11-9-15(19-22)10-12-17/h4-14,19,22H,1-3H3,(H,20,23)/t14-,27-/m0/s1. The third kappa shape index (κ3) is 6.60. The zero-order chi connectivity index (χ0) is 19.9. The highest BCUT2D eigenvalue weighted by atomic mass is 31.2. The SMILES string of the molecule is CC(C)OC(=O)[C@H](C)N[P@](=O)(Oc1ccccc1)Oc1ccc(NO)cc1. The van der Waals surface area contributed by atoms with Crippen molar-refractivity contribution in [1.82, 2.24) is 5.09 Å². The van der Waals surface area contributed by atoms with Gasteiger partial charge >= 0.3 is 13.7 Å². The number of benzene rings is 2. The van der Waals surface area contributed by atoms with Gasteiger partial charge in [-0.1, -0.05) is 18.2 Å². The van der Waals surface area contributed by atoms with Crippen molar-refractivity contribution in [3.8, 4) is 11.5 Å². The molecular weight excluding hydrogens is 371 g/mol. The lowest BCUT2D eigenvalue weighted by Crippen LogP contribution is -2.36. The maximum Gasteiger partial charge on any atom is 0.513 e. The van der Waals surface area contributed by atoms with Crippen LogP contribution in [-0.4, -0.2) is 23.3 Å². The van der Waals surface area contributed by atoms with Crippen molar-refractivity contribution in [3.63, 3.8) is 0 Å². The van der Waals surface area contributed by atoms with E-state index in [0.29, 0.717) is 11.4 Å². The predicted octanol–water partition coefficient (Wildman–Crippen LogP) is 3.98. The molecule has 3 N–H and O–H groups in total. The highest BCUT2D eigenvalue weighted by molar-refractivity contribution is 7.52. The van der Waals surface area contributed by atoms with Crippen LogP contribution in [0.4, 0.5) is 5.69 Å². The van der Waals surface area contributed by atoms with Crippen molar-refractivity contribution in [3.05, 3.63) is 54.6 Å². The maximum atomic E-state index is 13.3. The van der Waals surface area contributed by atoms with Gasteiger partial charge in [-0.25, -0.2) is 4.57 Å². The van der Waals surface area contributed by atoms with Crippen LogP contribution in [0.1, 0.15) is 20.8 Å². The van der Waals surface area contributed by atoms with Crippen molar-refractivity contribution >= 4 is 19.4 Å². The number of para-hydroxylation sites is 1. The van der Waals surface area contributed by atoms with Crippen LogP contribution in [0, 0.1) is 0 Å². The molecule has 27 heavy (non-hydrogen) atoms. The Morgan fingerprint density at radius 2 is 1.52 bits per heavy atom. The second-order valence-electron chi connectivity index (χ2n) is 5.97. The first kappa shape index (κ1) is 20.8. The number of carbonyl (C=O) groups is 1. The van der Waals surface area contributed by atoms with Crippen LogP contribution in [0.5, 0.6) is 11.5 Å². The number of hydrogen-bond donors (Lipinski definition) is 3. The van der Waals surface area contributed by atoms with Gasteiger partial charge in [-0.2, -0.15) is 5.09 Å². The lowest BCUT2D eigenvalue weighted by atomic mass is 10.3. The Morgan fingerprint density at radius 1 is 0.963 bits per heavy atom. The summed E-state index contributed by atoms with van der Waals surface area (Å²) < 4.78 is 29.5. The smallest absolute Gasteiger partial charge is 0.462 e. The van der Waals surface area contributed by atoms with Crippen LogP contribution in [0.25, 0.3) is 0 Å². The van der Waals surface area contributed by atoms with Gasteiger partial charge < -0.3 is 13.8 Å². The molecule has 2 atom stereocenters. The number of hydrogen-bond acceptors (Lipinski definition) is 7. The fourth-order valence-corrected chi connectivity index (χ4v) is 3.57. The summed E-state index contributed by atoms with van der Waals surface area (Å²) in [5, 5.41) is 11.5. The van der Waals surface area contributed by atoms with E-state index in [0.717, 1.165) is 0 Å². The van der Waals surface area contributed by atoms with Crippen LogP contribution in [-0.2, 0) is 14.1 Å². The molecular formula is C18H23N2O6P. The summed E-state index contributed by atoms with van der Waals surface area (Å²) in [5.74, 6) is -0.0399. The molecule has 8 nitrogen and oxygen atoms in total. The summed E-state index contributed by atoms with van der Waals surface area (Å²) in [7, 11) is -3.97. The number of ether oxygens (including phenoxy) is 1. The van der Waals surface area contributed by atoms with Crippen LogP contribution < -0.4 is 19.6 Å². The molecule has 0 saturated carbocycles. The molecule has 9 heteroatoms. The fraction of sp³-hybridized carbons (Fsp3) is 0.278. The molecule has 0 aromatic heterocycles.